The minimum atomic E-state index is 0.126. The van der Waals surface area contributed by atoms with E-state index in [0.29, 0.717) is 24.8 Å². The molecule has 1 amide bonds. The molecule has 2 aromatic rings. The molecule has 25 heavy (non-hydrogen) atoms. The van der Waals surface area contributed by atoms with Crippen molar-refractivity contribution in [2.75, 3.05) is 20.2 Å². The topological polar surface area (TPSA) is 50.4 Å². The molecule has 1 unspecified atom stereocenters. The van der Waals surface area contributed by atoms with Crippen LogP contribution in [0.2, 0.25) is 0 Å². The van der Waals surface area contributed by atoms with Gasteiger partial charge in [-0.05, 0) is 54.6 Å². The Hall–Kier alpha value is -2.07. The van der Waals surface area contributed by atoms with Crippen molar-refractivity contribution in [3.8, 4) is 5.75 Å². The van der Waals surface area contributed by atoms with E-state index in [4.69, 9.17) is 4.74 Å². The first kappa shape index (κ1) is 17.7. The van der Waals surface area contributed by atoms with E-state index in [0.717, 1.165) is 35.2 Å². The third kappa shape index (κ3) is 4.31. The van der Waals surface area contributed by atoms with Crippen molar-refractivity contribution in [3.63, 3.8) is 0 Å². The maximum absolute atomic E-state index is 12.4. The molecule has 1 saturated heterocycles. The standard InChI is InChI=1S/C21H28N2O2/c1-15(16-9-11-22-12-10-16)13-21(24)23-14-19-18-6-4-3-5-17(18)7-8-20(19)25-2/h3-8,15-16,22H,9-14H2,1-2H3,(H,23,24). The van der Waals surface area contributed by atoms with Crippen LogP contribution in [-0.2, 0) is 11.3 Å². The number of piperidine rings is 1. The van der Waals surface area contributed by atoms with Gasteiger partial charge in [0.05, 0.1) is 7.11 Å². The van der Waals surface area contributed by atoms with E-state index in [-0.39, 0.29) is 5.91 Å². The van der Waals surface area contributed by atoms with Gasteiger partial charge in [-0.2, -0.15) is 0 Å². The van der Waals surface area contributed by atoms with Gasteiger partial charge in [0, 0.05) is 18.5 Å². The fraction of sp³-hybridized carbons (Fsp3) is 0.476. The highest BCUT2D eigenvalue weighted by molar-refractivity contribution is 5.88. The second kappa shape index (κ2) is 8.34. The smallest absolute Gasteiger partial charge is 0.220 e. The van der Waals surface area contributed by atoms with Crippen molar-refractivity contribution >= 4 is 16.7 Å². The Morgan fingerprint density at radius 2 is 2.00 bits per heavy atom. The molecule has 4 nitrogen and oxygen atoms in total. The van der Waals surface area contributed by atoms with Gasteiger partial charge in [0.2, 0.25) is 5.91 Å². The largest absolute Gasteiger partial charge is 0.496 e. The molecule has 0 spiro atoms. The molecule has 1 aliphatic heterocycles. The summed E-state index contributed by atoms with van der Waals surface area (Å²) < 4.78 is 5.50. The zero-order chi connectivity index (χ0) is 17.6. The zero-order valence-electron chi connectivity index (χ0n) is 15.2. The van der Waals surface area contributed by atoms with Crippen LogP contribution in [0, 0.1) is 11.8 Å². The summed E-state index contributed by atoms with van der Waals surface area (Å²) in [6.07, 6.45) is 2.94. The number of hydrogen-bond donors (Lipinski definition) is 2. The second-order valence-electron chi connectivity index (χ2n) is 7.01. The molecule has 134 valence electrons. The molecule has 1 heterocycles. The quantitative estimate of drug-likeness (QED) is 0.846. The average molecular weight is 340 g/mol. The summed E-state index contributed by atoms with van der Waals surface area (Å²) in [6, 6.07) is 12.2. The molecule has 1 fully saturated rings. The number of carbonyl (C=O) groups excluding carboxylic acids is 1. The summed E-state index contributed by atoms with van der Waals surface area (Å²) in [7, 11) is 1.68. The normalized spacial score (nSPS) is 16.6. The number of carbonyl (C=O) groups is 1. The van der Waals surface area contributed by atoms with Crippen LogP contribution in [0.15, 0.2) is 36.4 Å². The van der Waals surface area contributed by atoms with Gasteiger partial charge < -0.3 is 15.4 Å². The highest BCUT2D eigenvalue weighted by Gasteiger charge is 2.22. The lowest BCUT2D eigenvalue weighted by Crippen LogP contribution is -2.33. The number of amides is 1. The van der Waals surface area contributed by atoms with E-state index in [2.05, 4.69) is 35.8 Å². The molecule has 0 aliphatic carbocycles. The zero-order valence-corrected chi connectivity index (χ0v) is 15.2. The van der Waals surface area contributed by atoms with Crippen LogP contribution in [0.25, 0.3) is 10.8 Å². The predicted molar refractivity (Wildman–Crippen MR) is 102 cm³/mol. The number of benzene rings is 2. The van der Waals surface area contributed by atoms with E-state index in [1.165, 1.54) is 12.8 Å². The van der Waals surface area contributed by atoms with Gasteiger partial charge in [-0.25, -0.2) is 0 Å². The lowest BCUT2D eigenvalue weighted by molar-refractivity contribution is -0.122. The van der Waals surface area contributed by atoms with Gasteiger partial charge in [0.25, 0.3) is 0 Å². The molecule has 0 aromatic heterocycles. The first-order valence-corrected chi connectivity index (χ1v) is 9.21. The van der Waals surface area contributed by atoms with Crippen molar-refractivity contribution in [1.82, 2.24) is 10.6 Å². The Balaban J connectivity index is 1.64. The summed E-state index contributed by atoms with van der Waals surface area (Å²) in [6.45, 7) is 4.85. The van der Waals surface area contributed by atoms with Crippen LogP contribution >= 0.6 is 0 Å². The monoisotopic (exact) mass is 340 g/mol. The Kier molecular flexibility index (Phi) is 5.92. The van der Waals surface area contributed by atoms with Gasteiger partial charge in [-0.3, -0.25) is 4.79 Å². The van der Waals surface area contributed by atoms with Crippen molar-refractivity contribution in [2.45, 2.75) is 32.7 Å². The minimum absolute atomic E-state index is 0.126. The molecule has 3 rings (SSSR count). The lowest BCUT2D eigenvalue weighted by Gasteiger charge is -2.27. The van der Waals surface area contributed by atoms with E-state index in [9.17, 15) is 4.79 Å². The molecule has 0 radical (unpaired) electrons. The summed E-state index contributed by atoms with van der Waals surface area (Å²) in [4.78, 5) is 12.4. The van der Waals surface area contributed by atoms with Crippen LogP contribution in [-0.4, -0.2) is 26.1 Å². The highest BCUT2D eigenvalue weighted by atomic mass is 16.5. The Morgan fingerprint density at radius 1 is 1.24 bits per heavy atom. The van der Waals surface area contributed by atoms with Crippen LogP contribution in [0.5, 0.6) is 5.75 Å². The Bertz CT molecular complexity index is 723. The van der Waals surface area contributed by atoms with E-state index in [1.807, 2.05) is 18.2 Å². The first-order chi connectivity index (χ1) is 12.2. The second-order valence-corrected chi connectivity index (χ2v) is 7.01. The van der Waals surface area contributed by atoms with E-state index >= 15 is 0 Å². The number of fused-ring (bicyclic) bond motifs is 1. The molecular formula is C21H28N2O2. The molecule has 1 atom stereocenters. The fourth-order valence-electron chi connectivity index (χ4n) is 3.82. The number of nitrogens with one attached hydrogen (secondary N) is 2. The predicted octanol–water partition coefficient (Wildman–Crippen LogP) is 3.49. The lowest BCUT2D eigenvalue weighted by atomic mass is 9.84. The fourth-order valence-corrected chi connectivity index (χ4v) is 3.82. The maximum Gasteiger partial charge on any atom is 0.220 e. The highest BCUT2D eigenvalue weighted by Crippen LogP contribution is 2.28. The van der Waals surface area contributed by atoms with Crippen LogP contribution < -0.4 is 15.4 Å². The number of hydrogen-bond acceptors (Lipinski definition) is 3. The van der Waals surface area contributed by atoms with E-state index in [1.54, 1.807) is 7.11 Å². The molecule has 0 saturated carbocycles. The Labute approximate surface area is 149 Å². The van der Waals surface area contributed by atoms with Gasteiger partial charge in [-0.1, -0.05) is 37.3 Å². The molecule has 2 N–H and O–H groups in total. The van der Waals surface area contributed by atoms with Gasteiger partial charge in [0.15, 0.2) is 0 Å². The first-order valence-electron chi connectivity index (χ1n) is 9.21. The third-order valence-electron chi connectivity index (χ3n) is 5.38. The third-order valence-corrected chi connectivity index (χ3v) is 5.38. The van der Waals surface area contributed by atoms with Crippen molar-refractivity contribution < 1.29 is 9.53 Å². The van der Waals surface area contributed by atoms with Crippen LogP contribution in [0.1, 0.15) is 31.7 Å². The summed E-state index contributed by atoms with van der Waals surface area (Å²) in [5.74, 6) is 2.03. The van der Waals surface area contributed by atoms with Crippen molar-refractivity contribution in [2.24, 2.45) is 11.8 Å². The number of rotatable bonds is 6. The van der Waals surface area contributed by atoms with Crippen molar-refractivity contribution in [3.05, 3.63) is 42.0 Å². The van der Waals surface area contributed by atoms with Crippen LogP contribution in [0.4, 0.5) is 0 Å². The molecule has 1 aliphatic rings. The minimum Gasteiger partial charge on any atom is -0.496 e. The van der Waals surface area contributed by atoms with Crippen molar-refractivity contribution in [1.29, 1.82) is 0 Å². The number of methoxy groups -OCH3 is 1. The maximum atomic E-state index is 12.4. The summed E-state index contributed by atoms with van der Waals surface area (Å²) >= 11 is 0. The van der Waals surface area contributed by atoms with Crippen LogP contribution in [0.3, 0.4) is 0 Å². The van der Waals surface area contributed by atoms with E-state index < -0.39 is 0 Å². The SMILES string of the molecule is COc1ccc2ccccc2c1CNC(=O)CC(C)C1CCNCC1. The molecule has 2 aromatic carbocycles. The summed E-state index contributed by atoms with van der Waals surface area (Å²) in [5.41, 5.74) is 1.04. The van der Waals surface area contributed by atoms with Gasteiger partial charge >= 0.3 is 0 Å². The summed E-state index contributed by atoms with van der Waals surface area (Å²) in [5, 5.41) is 8.78. The molecular weight excluding hydrogens is 312 g/mol. The Morgan fingerprint density at radius 3 is 2.76 bits per heavy atom. The molecule has 0 bridgehead atoms. The van der Waals surface area contributed by atoms with Gasteiger partial charge in [-0.15, -0.1) is 0 Å². The number of ether oxygens (including phenoxy) is 1. The average Bonchev–Trinajstić information content (AvgIpc) is 2.66. The van der Waals surface area contributed by atoms with Gasteiger partial charge in [0.1, 0.15) is 5.75 Å². The molecule has 4 heteroatoms.